The first-order valence-corrected chi connectivity index (χ1v) is 5.27. The smallest absolute Gasteiger partial charge is 0.142 e. The summed E-state index contributed by atoms with van der Waals surface area (Å²) in [5.41, 5.74) is 3.39. The van der Waals surface area contributed by atoms with Crippen LogP contribution in [-0.4, -0.2) is 12.1 Å². The lowest BCUT2D eigenvalue weighted by atomic mass is 10.1. The van der Waals surface area contributed by atoms with Gasteiger partial charge in [0, 0.05) is 6.20 Å². The van der Waals surface area contributed by atoms with Gasteiger partial charge in [0.25, 0.3) is 0 Å². The Kier molecular flexibility index (Phi) is 3.41. The number of rotatable bonds is 4. The van der Waals surface area contributed by atoms with E-state index in [0.717, 1.165) is 5.76 Å². The lowest BCUT2D eigenvalue weighted by Crippen LogP contribution is -2.29. The van der Waals surface area contributed by atoms with Crippen LogP contribution in [-0.2, 0) is 0 Å². The van der Waals surface area contributed by atoms with Crippen LogP contribution in [0.5, 0.6) is 5.75 Å². The minimum atomic E-state index is -0.320. The number of pyridine rings is 1. The molecule has 2 heterocycles. The van der Waals surface area contributed by atoms with Crippen molar-refractivity contribution in [3.8, 4) is 5.75 Å². The monoisotopic (exact) mass is 233 g/mol. The van der Waals surface area contributed by atoms with Crippen molar-refractivity contribution in [3.63, 3.8) is 0 Å². The van der Waals surface area contributed by atoms with Gasteiger partial charge in [-0.1, -0.05) is 0 Å². The summed E-state index contributed by atoms with van der Waals surface area (Å²) in [6.45, 7) is 1.88. The third-order valence-electron chi connectivity index (χ3n) is 2.51. The van der Waals surface area contributed by atoms with E-state index in [4.69, 9.17) is 15.0 Å². The molecule has 1 atom stereocenters. The van der Waals surface area contributed by atoms with Crippen LogP contribution in [0.4, 0.5) is 0 Å². The highest BCUT2D eigenvalue weighted by molar-refractivity contribution is 5.33. The van der Waals surface area contributed by atoms with E-state index in [2.05, 4.69) is 10.4 Å². The number of hydrogen-bond donors (Lipinski definition) is 2. The minimum Gasteiger partial charge on any atom is -0.495 e. The van der Waals surface area contributed by atoms with Gasteiger partial charge < -0.3 is 9.15 Å². The predicted octanol–water partition coefficient (Wildman–Crippen LogP) is 1.54. The fraction of sp³-hybridized carbons (Fsp3) is 0.250. The van der Waals surface area contributed by atoms with E-state index in [1.54, 1.807) is 13.3 Å². The first-order chi connectivity index (χ1) is 8.26. The highest BCUT2D eigenvalue weighted by atomic mass is 16.5. The Morgan fingerprint density at radius 3 is 2.82 bits per heavy atom. The van der Waals surface area contributed by atoms with Gasteiger partial charge >= 0.3 is 0 Å². The maximum atomic E-state index is 5.56. The molecule has 0 saturated heterocycles. The molecule has 90 valence electrons. The molecule has 0 aromatic carbocycles. The summed E-state index contributed by atoms with van der Waals surface area (Å²) in [6.07, 6.45) is 1.69. The average molecular weight is 233 g/mol. The SMILES string of the molecule is COc1cccnc1C(NN)c1ccc(C)o1. The topological polar surface area (TPSA) is 73.3 Å². The van der Waals surface area contributed by atoms with Gasteiger partial charge in [0.2, 0.25) is 0 Å². The number of furan rings is 1. The van der Waals surface area contributed by atoms with Crippen LogP contribution in [0.25, 0.3) is 0 Å². The van der Waals surface area contributed by atoms with Crippen LogP contribution >= 0.6 is 0 Å². The third-order valence-corrected chi connectivity index (χ3v) is 2.51. The number of nitrogens with one attached hydrogen (secondary N) is 1. The lowest BCUT2D eigenvalue weighted by molar-refractivity contribution is 0.385. The summed E-state index contributed by atoms with van der Waals surface area (Å²) in [5.74, 6) is 7.77. The molecular weight excluding hydrogens is 218 g/mol. The first kappa shape index (κ1) is 11.6. The predicted molar refractivity (Wildman–Crippen MR) is 63.4 cm³/mol. The maximum Gasteiger partial charge on any atom is 0.142 e. The Labute approximate surface area is 99.6 Å². The molecule has 0 amide bonds. The Balaban J connectivity index is 2.41. The molecule has 5 heteroatoms. The van der Waals surface area contributed by atoms with Crippen LogP contribution in [0.2, 0.25) is 0 Å². The van der Waals surface area contributed by atoms with Gasteiger partial charge in [-0.05, 0) is 31.2 Å². The quantitative estimate of drug-likeness (QED) is 0.619. The largest absolute Gasteiger partial charge is 0.495 e. The molecule has 1 unspecified atom stereocenters. The first-order valence-electron chi connectivity index (χ1n) is 5.27. The van der Waals surface area contributed by atoms with E-state index in [1.807, 2.05) is 31.2 Å². The van der Waals surface area contributed by atoms with Crippen molar-refractivity contribution in [2.24, 2.45) is 5.84 Å². The Morgan fingerprint density at radius 2 is 2.24 bits per heavy atom. The fourth-order valence-corrected chi connectivity index (χ4v) is 1.70. The van der Waals surface area contributed by atoms with Gasteiger partial charge in [-0.25, -0.2) is 5.43 Å². The van der Waals surface area contributed by atoms with E-state index in [-0.39, 0.29) is 6.04 Å². The zero-order chi connectivity index (χ0) is 12.3. The molecule has 0 aliphatic heterocycles. The lowest BCUT2D eigenvalue weighted by Gasteiger charge is -2.15. The van der Waals surface area contributed by atoms with Gasteiger partial charge in [0.1, 0.15) is 29.0 Å². The second-order valence-electron chi connectivity index (χ2n) is 3.64. The molecule has 0 radical (unpaired) electrons. The van der Waals surface area contributed by atoms with Crippen LogP contribution in [0.15, 0.2) is 34.9 Å². The highest BCUT2D eigenvalue weighted by Crippen LogP contribution is 2.28. The molecule has 2 aromatic heterocycles. The molecule has 0 aliphatic carbocycles. The van der Waals surface area contributed by atoms with Crippen molar-refractivity contribution in [3.05, 3.63) is 47.7 Å². The zero-order valence-corrected chi connectivity index (χ0v) is 9.81. The molecule has 3 N–H and O–H groups in total. The second-order valence-corrected chi connectivity index (χ2v) is 3.64. The van der Waals surface area contributed by atoms with Gasteiger partial charge in [0.05, 0.1) is 7.11 Å². The van der Waals surface area contributed by atoms with Gasteiger partial charge in [-0.15, -0.1) is 0 Å². The van der Waals surface area contributed by atoms with Crippen molar-refractivity contribution in [2.45, 2.75) is 13.0 Å². The number of ether oxygens (including phenoxy) is 1. The number of aromatic nitrogens is 1. The van der Waals surface area contributed by atoms with Crippen molar-refractivity contribution < 1.29 is 9.15 Å². The molecule has 0 bridgehead atoms. The molecule has 0 aliphatic rings. The van der Waals surface area contributed by atoms with Gasteiger partial charge in [-0.2, -0.15) is 0 Å². The third kappa shape index (κ3) is 2.30. The Bertz CT molecular complexity index is 496. The second kappa shape index (κ2) is 4.99. The minimum absolute atomic E-state index is 0.320. The van der Waals surface area contributed by atoms with Crippen LogP contribution in [0.1, 0.15) is 23.3 Å². The number of aryl methyl sites for hydroxylation is 1. The summed E-state index contributed by atoms with van der Waals surface area (Å²) in [5, 5.41) is 0. The molecule has 17 heavy (non-hydrogen) atoms. The van der Waals surface area contributed by atoms with E-state index >= 15 is 0 Å². The Hall–Kier alpha value is -1.85. The van der Waals surface area contributed by atoms with Gasteiger partial charge in [0.15, 0.2) is 0 Å². The van der Waals surface area contributed by atoms with E-state index in [0.29, 0.717) is 17.2 Å². The summed E-state index contributed by atoms with van der Waals surface area (Å²) < 4.78 is 10.8. The van der Waals surface area contributed by atoms with E-state index < -0.39 is 0 Å². The summed E-state index contributed by atoms with van der Waals surface area (Å²) in [4.78, 5) is 4.28. The van der Waals surface area contributed by atoms with Crippen LogP contribution < -0.4 is 16.0 Å². The van der Waals surface area contributed by atoms with Crippen molar-refractivity contribution in [1.82, 2.24) is 10.4 Å². The normalized spacial score (nSPS) is 12.4. The number of nitrogens with zero attached hydrogens (tertiary/aromatic N) is 1. The standard InChI is InChI=1S/C12H15N3O2/c1-8-5-6-10(17-8)12(15-13)11-9(16-2)4-3-7-14-11/h3-7,12,15H,13H2,1-2H3. The number of methoxy groups -OCH3 is 1. The van der Waals surface area contributed by atoms with E-state index in [1.165, 1.54) is 0 Å². The van der Waals surface area contributed by atoms with Crippen molar-refractivity contribution >= 4 is 0 Å². The molecular formula is C12H15N3O2. The molecule has 2 rings (SSSR count). The molecule has 2 aromatic rings. The molecule has 0 fully saturated rings. The van der Waals surface area contributed by atoms with Crippen LogP contribution in [0, 0.1) is 6.92 Å². The highest BCUT2D eigenvalue weighted by Gasteiger charge is 2.21. The summed E-state index contributed by atoms with van der Waals surface area (Å²) >= 11 is 0. The summed E-state index contributed by atoms with van der Waals surface area (Å²) in [7, 11) is 1.60. The number of nitrogens with two attached hydrogens (primary N) is 1. The molecule has 5 nitrogen and oxygen atoms in total. The molecule has 0 spiro atoms. The van der Waals surface area contributed by atoms with Gasteiger partial charge in [-0.3, -0.25) is 10.8 Å². The fourth-order valence-electron chi connectivity index (χ4n) is 1.70. The van der Waals surface area contributed by atoms with E-state index in [9.17, 15) is 0 Å². The molecule has 0 saturated carbocycles. The average Bonchev–Trinajstić information content (AvgIpc) is 2.77. The van der Waals surface area contributed by atoms with Crippen molar-refractivity contribution in [1.29, 1.82) is 0 Å². The number of hydrazine groups is 1. The Morgan fingerprint density at radius 1 is 1.41 bits per heavy atom. The zero-order valence-electron chi connectivity index (χ0n) is 9.81. The maximum absolute atomic E-state index is 5.56. The van der Waals surface area contributed by atoms with Crippen molar-refractivity contribution in [2.75, 3.05) is 7.11 Å². The van der Waals surface area contributed by atoms with Crippen LogP contribution in [0.3, 0.4) is 0 Å². The number of hydrogen-bond acceptors (Lipinski definition) is 5. The summed E-state index contributed by atoms with van der Waals surface area (Å²) in [6, 6.07) is 7.08.